The molecular weight excluding hydrogens is 312 g/mol. The van der Waals surface area contributed by atoms with Crippen molar-refractivity contribution < 1.29 is 8.42 Å². The molecule has 132 valence electrons. The van der Waals surface area contributed by atoms with E-state index >= 15 is 0 Å². The van der Waals surface area contributed by atoms with Gasteiger partial charge >= 0.3 is 0 Å². The van der Waals surface area contributed by atoms with Crippen LogP contribution in [0.4, 0.5) is 0 Å². The molecule has 1 fully saturated rings. The second-order valence-corrected chi connectivity index (χ2v) is 9.76. The van der Waals surface area contributed by atoms with E-state index in [0.717, 1.165) is 38.2 Å². The molecule has 1 aromatic rings. The van der Waals surface area contributed by atoms with Gasteiger partial charge in [0.2, 0.25) is 10.0 Å². The van der Waals surface area contributed by atoms with Gasteiger partial charge in [-0.05, 0) is 12.8 Å². The second kappa shape index (κ2) is 6.53. The first kappa shape index (κ1) is 18.4. The first-order valence-corrected chi connectivity index (χ1v) is 10.0. The van der Waals surface area contributed by atoms with Gasteiger partial charge in [-0.2, -0.15) is 5.10 Å². The first-order chi connectivity index (χ1) is 10.5. The Morgan fingerprint density at radius 2 is 1.87 bits per heavy atom. The summed E-state index contributed by atoms with van der Waals surface area (Å²) in [6.45, 7) is 9.28. The largest absolute Gasteiger partial charge is 0.299 e. The van der Waals surface area contributed by atoms with Gasteiger partial charge < -0.3 is 0 Å². The smallest absolute Gasteiger partial charge is 0.211 e. The van der Waals surface area contributed by atoms with E-state index in [4.69, 9.17) is 0 Å². The zero-order chi connectivity index (χ0) is 17.4. The second-order valence-electron chi connectivity index (χ2n) is 7.71. The van der Waals surface area contributed by atoms with E-state index in [2.05, 4.69) is 37.0 Å². The van der Waals surface area contributed by atoms with Crippen LogP contribution in [-0.2, 0) is 29.0 Å². The number of sulfonamides is 1. The van der Waals surface area contributed by atoms with Crippen LogP contribution in [0.3, 0.4) is 0 Å². The molecule has 0 atom stereocenters. The van der Waals surface area contributed by atoms with Crippen LogP contribution in [0, 0.1) is 0 Å². The number of aryl methyl sites for hydroxylation is 1. The molecule has 1 saturated heterocycles. The van der Waals surface area contributed by atoms with Crippen LogP contribution in [0.2, 0.25) is 0 Å². The summed E-state index contributed by atoms with van der Waals surface area (Å²) in [7, 11) is 0.553. The summed E-state index contributed by atoms with van der Waals surface area (Å²) in [6.07, 6.45) is 5.16. The van der Waals surface area contributed by atoms with Gasteiger partial charge in [0.15, 0.2) is 0 Å². The molecule has 0 aliphatic carbocycles. The summed E-state index contributed by atoms with van der Waals surface area (Å²) in [4.78, 5) is 2.40. The van der Waals surface area contributed by atoms with Gasteiger partial charge in [0.1, 0.15) is 0 Å². The van der Waals surface area contributed by atoms with Crippen molar-refractivity contribution in [3.63, 3.8) is 0 Å². The molecule has 0 spiro atoms. The summed E-state index contributed by atoms with van der Waals surface area (Å²) in [5, 5.41) is 4.63. The Hall–Kier alpha value is -0.920. The van der Waals surface area contributed by atoms with E-state index in [1.165, 1.54) is 16.1 Å². The Kier molecular flexibility index (Phi) is 5.23. The highest BCUT2D eigenvalue weighted by Crippen LogP contribution is 2.26. The zero-order valence-electron chi connectivity index (χ0n) is 15.2. The van der Waals surface area contributed by atoms with Crippen molar-refractivity contribution in [3.8, 4) is 0 Å². The Balaban J connectivity index is 2.00. The minimum atomic E-state index is -3.10. The van der Waals surface area contributed by atoms with Gasteiger partial charge in [0.05, 0.1) is 11.9 Å². The molecule has 2 heterocycles. The molecule has 0 amide bonds. The first-order valence-electron chi connectivity index (χ1n) is 8.17. The third-order valence-corrected chi connectivity index (χ3v) is 5.95. The van der Waals surface area contributed by atoms with Crippen molar-refractivity contribution in [3.05, 3.63) is 17.5 Å². The summed E-state index contributed by atoms with van der Waals surface area (Å²) < 4.78 is 26.7. The van der Waals surface area contributed by atoms with Crippen LogP contribution in [-0.4, -0.2) is 59.8 Å². The average molecular weight is 343 g/mol. The molecule has 0 bridgehead atoms. The number of hydrogen-bond donors (Lipinski definition) is 0. The summed E-state index contributed by atoms with van der Waals surface area (Å²) in [6, 6.07) is 0.122. The highest BCUT2D eigenvalue weighted by atomic mass is 32.2. The molecule has 0 aromatic carbocycles. The number of rotatable bonds is 4. The van der Waals surface area contributed by atoms with Gasteiger partial charge in [-0.1, -0.05) is 20.8 Å². The van der Waals surface area contributed by atoms with Crippen molar-refractivity contribution >= 4 is 10.0 Å². The molecular formula is C16H30N4O2S. The molecule has 1 aliphatic heterocycles. The van der Waals surface area contributed by atoms with Gasteiger partial charge in [0, 0.05) is 56.9 Å². The maximum Gasteiger partial charge on any atom is 0.211 e. The molecule has 0 N–H and O–H groups in total. The van der Waals surface area contributed by atoms with E-state index in [1.807, 2.05) is 11.7 Å². The minimum absolute atomic E-state index is 0.0332. The summed E-state index contributed by atoms with van der Waals surface area (Å²) in [5.41, 5.74) is 2.45. The molecule has 7 heteroatoms. The van der Waals surface area contributed by atoms with Crippen LogP contribution in [0.15, 0.2) is 6.20 Å². The maximum absolute atomic E-state index is 11.7. The van der Waals surface area contributed by atoms with Crippen molar-refractivity contribution in [1.29, 1.82) is 0 Å². The van der Waals surface area contributed by atoms with Crippen molar-refractivity contribution in [1.82, 2.24) is 19.0 Å². The Bertz CT molecular complexity index is 638. The fourth-order valence-corrected chi connectivity index (χ4v) is 3.99. The lowest BCUT2D eigenvalue weighted by molar-refractivity contribution is 0.163. The lowest BCUT2D eigenvalue weighted by Crippen LogP contribution is -2.45. The lowest BCUT2D eigenvalue weighted by Gasteiger charge is -2.35. The van der Waals surface area contributed by atoms with Gasteiger partial charge in [-0.3, -0.25) is 9.58 Å². The molecule has 0 radical (unpaired) electrons. The fourth-order valence-electron chi connectivity index (χ4n) is 3.24. The minimum Gasteiger partial charge on any atom is -0.299 e. The molecule has 6 nitrogen and oxygen atoms in total. The van der Waals surface area contributed by atoms with Crippen LogP contribution in [0.25, 0.3) is 0 Å². The molecule has 1 aromatic heterocycles. The predicted molar refractivity (Wildman–Crippen MR) is 92.8 cm³/mol. The third kappa shape index (κ3) is 4.55. The van der Waals surface area contributed by atoms with Crippen LogP contribution in [0.1, 0.15) is 44.9 Å². The predicted octanol–water partition coefficient (Wildman–Crippen LogP) is 1.57. The highest BCUT2D eigenvalue weighted by Gasteiger charge is 2.28. The zero-order valence-corrected chi connectivity index (χ0v) is 16.0. The standard InChI is InChI=1S/C16H30N4O2S/c1-16(2,3)15-13(11-18(4)17-15)12-20-9-7-14(8-10-20)19(5)23(6,21)22/h11,14H,7-10,12H2,1-6H3. The number of piperidine rings is 1. The van der Waals surface area contributed by atoms with E-state index in [-0.39, 0.29) is 11.5 Å². The molecule has 0 unspecified atom stereocenters. The van der Waals surface area contributed by atoms with E-state index in [0.29, 0.717) is 0 Å². The van der Waals surface area contributed by atoms with Crippen LogP contribution < -0.4 is 0 Å². The van der Waals surface area contributed by atoms with Crippen LogP contribution >= 0.6 is 0 Å². The normalized spacial score (nSPS) is 18.7. The topological polar surface area (TPSA) is 58.4 Å². The number of nitrogens with zero attached hydrogens (tertiary/aromatic N) is 4. The van der Waals surface area contributed by atoms with E-state index in [9.17, 15) is 8.42 Å². The van der Waals surface area contributed by atoms with E-state index in [1.54, 1.807) is 7.05 Å². The van der Waals surface area contributed by atoms with Crippen LogP contribution in [0.5, 0.6) is 0 Å². The number of aromatic nitrogens is 2. The number of hydrogen-bond acceptors (Lipinski definition) is 4. The Morgan fingerprint density at radius 1 is 1.30 bits per heavy atom. The van der Waals surface area contributed by atoms with Crippen molar-refractivity contribution in [2.45, 2.75) is 51.6 Å². The summed E-state index contributed by atoms with van der Waals surface area (Å²) in [5.74, 6) is 0. The maximum atomic E-state index is 11.7. The van der Waals surface area contributed by atoms with Crippen molar-refractivity contribution in [2.75, 3.05) is 26.4 Å². The molecule has 1 aliphatic rings. The van der Waals surface area contributed by atoms with Gasteiger partial charge in [-0.15, -0.1) is 0 Å². The molecule has 2 rings (SSSR count). The number of likely N-dealkylation sites (tertiary alicyclic amines) is 1. The third-order valence-electron chi connectivity index (χ3n) is 4.60. The fraction of sp³-hybridized carbons (Fsp3) is 0.812. The van der Waals surface area contributed by atoms with Gasteiger partial charge in [0.25, 0.3) is 0 Å². The van der Waals surface area contributed by atoms with Gasteiger partial charge in [-0.25, -0.2) is 12.7 Å². The Labute approximate surface area is 140 Å². The average Bonchev–Trinajstić information content (AvgIpc) is 2.79. The SMILES string of the molecule is CN(C1CCN(Cc2cn(C)nc2C(C)(C)C)CC1)S(C)(=O)=O. The molecule has 0 saturated carbocycles. The quantitative estimate of drug-likeness (QED) is 0.833. The van der Waals surface area contributed by atoms with Crippen molar-refractivity contribution in [2.24, 2.45) is 7.05 Å². The Morgan fingerprint density at radius 3 is 2.35 bits per heavy atom. The summed E-state index contributed by atoms with van der Waals surface area (Å²) >= 11 is 0. The van der Waals surface area contributed by atoms with E-state index < -0.39 is 10.0 Å². The molecule has 23 heavy (non-hydrogen) atoms. The monoisotopic (exact) mass is 342 g/mol. The highest BCUT2D eigenvalue weighted by molar-refractivity contribution is 7.88. The lowest BCUT2D eigenvalue weighted by atomic mass is 9.89.